The Kier molecular flexibility index (Phi) is 5.21. The van der Waals surface area contributed by atoms with E-state index in [1.165, 1.54) is 11.8 Å². The van der Waals surface area contributed by atoms with Crippen LogP contribution in [0.25, 0.3) is 0 Å². The molecule has 0 aliphatic heterocycles. The van der Waals surface area contributed by atoms with Gasteiger partial charge in [0.2, 0.25) is 0 Å². The highest BCUT2D eigenvalue weighted by atomic mass is 35.5. The lowest BCUT2D eigenvalue weighted by Gasteiger charge is -2.21. The molecule has 0 saturated heterocycles. The average Bonchev–Trinajstić information content (AvgIpc) is 2.47. The third-order valence-corrected chi connectivity index (χ3v) is 3.85. The van der Waals surface area contributed by atoms with Crippen LogP contribution in [0, 0.1) is 6.92 Å². The van der Waals surface area contributed by atoms with E-state index in [2.05, 4.69) is 11.1 Å². The van der Waals surface area contributed by atoms with Crippen LogP contribution in [-0.2, 0) is 6.54 Å². The predicted molar refractivity (Wildman–Crippen MR) is 85.9 cm³/mol. The number of pyridine rings is 1. The number of hydrogen-bond acceptors (Lipinski definition) is 2. The van der Waals surface area contributed by atoms with Gasteiger partial charge in [0.15, 0.2) is 0 Å². The lowest BCUT2D eigenvalue weighted by atomic mass is 10.1. The molecular weight excluding hydrogens is 307 g/mol. The van der Waals surface area contributed by atoms with Crippen molar-refractivity contribution in [2.75, 3.05) is 6.54 Å². The third-order valence-electron chi connectivity index (χ3n) is 3.17. The first kappa shape index (κ1) is 15.8. The summed E-state index contributed by atoms with van der Waals surface area (Å²) in [5, 5.41) is 0.490. The number of hydrogen-bond donors (Lipinski definition) is 0. The molecule has 1 amide bonds. The molecule has 0 bridgehead atoms. The maximum atomic E-state index is 12.5. The molecule has 0 N–H and O–H groups in total. The Balaban J connectivity index is 2.20. The highest BCUT2D eigenvalue weighted by molar-refractivity contribution is 6.41. The van der Waals surface area contributed by atoms with Crippen molar-refractivity contribution in [3.63, 3.8) is 0 Å². The van der Waals surface area contributed by atoms with E-state index >= 15 is 0 Å². The Hall–Kier alpha value is -1.58. The van der Waals surface area contributed by atoms with Gasteiger partial charge in [0.25, 0.3) is 5.91 Å². The molecule has 2 rings (SSSR count). The molecule has 0 spiro atoms. The van der Waals surface area contributed by atoms with E-state index < -0.39 is 0 Å². The Labute approximate surface area is 134 Å². The molecule has 1 aromatic heterocycles. The summed E-state index contributed by atoms with van der Waals surface area (Å²) in [6.07, 6.45) is 1.45. The number of carbonyl (C=O) groups is 1. The summed E-state index contributed by atoms with van der Waals surface area (Å²) in [6, 6.07) is 9.66. The highest BCUT2D eigenvalue weighted by Gasteiger charge is 2.16. The molecule has 2 aromatic rings. The van der Waals surface area contributed by atoms with E-state index in [0.29, 0.717) is 18.7 Å². The van der Waals surface area contributed by atoms with Gasteiger partial charge in [-0.1, -0.05) is 53.0 Å². The largest absolute Gasteiger partial charge is 0.335 e. The number of aromatic nitrogens is 1. The number of carbonyl (C=O) groups excluding carboxylic acids is 1. The first-order valence-electron chi connectivity index (χ1n) is 6.67. The summed E-state index contributed by atoms with van der Waals surface area (Å²) in [4.78, 5) is 18.2. The Morgan fingerprint density at radius 3 is 2.67 bits per heavy atom. The summed E-state index contributed by atoms with van der Waals surface area (Å²) >= 11 is 11.7. The van der Waals surface area contributed by atoms with Crippen molar-refractivity contribution in [1.29, 1.82) is 0 Å². The maximum Gasteiger partial charge on any atom is 0.255 e. The molecule has 0 atom stereocenters. The lowest BCUT2D eigenvalue weighted by molar-refractivity contribution is 0.0752. The molecule has 0 unspecified atom stereocenters. The summed E-state index contributed by atoms with van der Waals surface area (Å²) in [5.41, 5.74) is 2.71. The van der Waals surface area contributed by atoms with Gasteiger partial charge in [-0.05, 0) is 25.5 Å². The number of nitrogens with zero attached hydrogens (tertiary/aromatic N) is 2. The van der Waals surface area contributed by atoms with Crippen molar-refractivity contribution < 1.29 is 4.79 Å². The fraction of sp³-hybridized carbons (Fsp3) is 0.250. The van der Waals surface area contributed by atoms with Gasteiger partial charge in [-0.25, -0.2) is 4.98 Å². The van der Waals surface area contributed by atoms with E-state index in [9.17, 15) is 4.79 Å². The van der Waals surface area contributed by atoms with Gasteiger partial charge < -0.3 is 4.90 Å². The van der Waals surface area contributed by atoms with Gasteiger partial charge in [0.1, 0.15) is 5.15 Å². The third kappa shape index (κ3) is 3.96. The molecule has 5 heteroatoms. The fourth-order valence-electron chi connectivity index (χ4n) is 2.08. The van der Waals surface area contributed by atoms with E-state index in [1.54, 1.807) is 11.0 Å². The second kappa shape index (κ2) is 6.92. The van der Waals surface area contributed by atoms with Crippen LogP contribution in [0.4, 0.5) is 0 Å². The predicted octanol–water partition coefficient (Wildman–Crippen LogP) is 4.36. The second-order valence-corrected chi connectivity index (χ2v) is 5.57. The number of benzene rings is 1. The zero-order chi connectivity index (χ0) is 15.4. The zero-order valence-corrected chi connectivity index (χ0v) is 13.4. The van der Waals surface area contributed by atoms with Crippen LogP contribution in [0.2, 0.25) is 10.2 Å². The molecule has 0 aliphatic carbocycles. The van der Waals surface area contributed by atoms with Gasteiger partial charge in [0, 0.05) is 19.3 Å². The van der Waals surface area contributed by atoms with E-state index in [-0.39, 0.29) is 16.1 Å². The van der Waals surface area contributed by atoms with Gasteiger partial charge in [0.05, 0.1) is 10.6 Å². The molecule has 0 aliphatic rings. The van der Waals surface area contributed by atoms with Crippen molar-refractivity contribution in [3.05, 3.63) is 63.4 Å². The molecule has 21 heavy (non-hydrogen) atoms. The number of rotatable bonds is 4. The zero-order valence-electron chi connectivity index (χ0n) is 11.9. The number of aryl methyl sites for hydroxylation is 1. The topological polar surface area (TPSA) is 33.2 Å². The van der Waals surface area contributed by atoms with Crippen LogP contribution < -0.4 is 0 Å². The number of amides is 1. The molecule has 1 heterocycles. The summed E-state index contributed by atoms with van der Waals surface area (Å²) in [7, 11) is 0. The molecule has 0 saturated carbocycles. The van der Waals surface area contributed by atoms with Gasteiger partial charge in [-0.3, -0.25) is 4.79 Å². The minimum atomic E-state index is -0.106. The number of halogens is 2. The Bertz CT molecular complexity index is 658. The van der Waals surface area contributed by atoms with Crippen molar-refractivity contribution >= 4 is 29.1 Å². The monoisotopic (exact) mass is 322 g/mol. The van der Waals surface area contributed by atoms with E-state index in [1.807, 2.05) is 32.0 Å². The van der Waals surface area contributed by atoms with E-state index in [4.69, 9.17) is 23.2 Å². The SMILES string of the molecule is CCN(Cc1cccc(C)c1)C(=O)c1cnc(Cl)c(Cl)c1. The minimum Gasteiger partial charge on any atom is -0.335 e. The maximum absolute atomic E-state index is 12.5. The van der Waals surface area contributed by atoms with E-state index in [0.717, 1.165) is 5.56 Å². The van der Waals surface area contributed by atoms with Gasteiger partial charge >= 0.3 is 0 Å². The van der Waals surface area contributed by atoms with Gasteiger partial charge in [-0.2, -0.15) is 0 Å². The molecule has 3 nitrogen and oxygen atoms in total. The summed E-state index contributed by atoms with van der Waals surface area (Å²) in [5.74, 6) is -0.106. The van der Waals surface area contributed by atoms with Crippen LogP contribution in [0.15, 0.2) is 36.5 Å². The van der Waals surface area contributed by atoms with Crippen LogP contribution >= 0.6 is 23.2 Å². The fourth-order valence-corrected chi connectivity index (χ4v) is 2.35. The molecular formula is C16H16Cl2N2O. The lowest BCUT2D eigenvalue weighted by Crippen LogP contribution is -2.30. The van der Waals surface area contributed by atoms with Crippen LogP contribution in [0.5, 0.6) is 0 Å². The van der Waals surface area contributed by atoms with Crippen molar-refractivity contribution in [2.24, 2.45) is 0 Å². The standard InChI is InChI=1S/C16H16Cl2N2O/c1-3-20(10-12-6-4-5-11(2)7-12)16(21)13-8-14(17)15(18)19-9-13/h4-9H,3,10H2,1-2H3. The van der Waals surface area contributed by atoms with Crippen molar-refractivity contribution in [3.8, 4) is 0 Å². The quantitative estimate of drug-likeness (QED) is 0.783. The van der Waals surface area contributed by atoms with Crippen molar-refractivity contribution in [2.45, 2.75) is 20.4 Å². The summed E-state index contributed by atoms with van der Waals surface area (Å²) < 4.78 is 0. The minimum absolute atomic E-state index is 0.106. The molecule has 0 radical (unpaired) electrons. The molecule has 110 valence electrons. The Morgan fingerprint density at radius 2 is 2.05 bits per heavy atom. The van der Waals surface area contributed by atoms with Crippen LogP contribution in [0.3, 0.4) is 0 Å². The first-order chi connectivity index (χ1) is 10.0. The van der Waals surface area contributed by atoms with Gasteiger partial charge in [-0.15, -0.1) is 0 Å². The summed E-state index contributed by atoms with van der Waals surface area (Å²) in [6.45, 7) is 5.13. The highest BCUT2D eigenvalue weighted by Crippen LogP contribution is 2.21. The molecule has 1 aromatic carbocycles. The molecule has 0 fully saturated rings. The van der Waals surface area contributed by atoms with Crippen LogP contribution in [-0.4, -0.2) is 22.3 Å². The van der Waals surface area contributed by atoms with Crippen molar-refractivity contribution in [1.82, 2.24) is 9.88 Å². The average molecular weight is 323 g/mol. The second-order valence-electron chi connectivity index (χ2n) is 4.81. The Morgan fingerprint density at radius 1 is 1.29 bits per heavy atom. The van der Waals surface area contributed by atoms with Crippen LogP contribution in [0.1, 0.15) is 28.4 Å². The first-order valence-corrected chi connectivity index (χ1v) is 7.42. The smallest absolute Gasteiger partial charge is 0.255 e. The normalized spacial score (nSPS) is 10.5.